The monoisotopic (exact) mass is 283 g/mol. The second-order valence-electron chi connectivity index (χ2n) is 4.74. The standard InChI is InChI=1S/C15H17N5O/c1-21-12-6-4-11(5-7-12)13-9-15-19-18-14(3-2-8-16)20(15)10-17-13/h4-7,9-10H,2-3,8,16H2,1H3. The molecule has 0 aliphatic rings. The van der Waals surface area contributed by atoms with E-state index in [2.05, 4.69) is 15.2 Å². The molecule has 0 radical (unpaired) electrons. The van der Waals surface area contributed by atoms with Crippen LogP contribution in [0.1, 0.15) is 12.2 Å². The van der Waals surface area contributed by atoms with E-state index in [1.54, 1.807) is 13.4 Å². The molecule has 3 rings (SSSR count). The van der Waals surface area contributed by atoms with E-state index in [-0.39, 0.29) is 0 Å². The molecule has 2 aromatic heterocycles. The average Bonchev–Trinajstić information content (AvgIpc) is 2.95. The highest BCUT2D eigenvalue weighted by atomic mass is 16.5. The van der Waals surface area contributed by atoms with Gasteiger partial charge in [-0.25, -0.2) is 4.98 Å². The topological polar surface area (TPSA) is 78.3 Å². The SMILES string of the molecule is COc1ccc(-c2cc3nnc(CCCN)n3cn2)cc1. The summed E-state index contributed by atoms with van der Waals surface area (Å²) in [5.74, 6) is 1.72. The van der Waals surface area contributed by atoms with Crippen LogP contribution in [0.15, 0.2) is 36.7 Å². The van der Waals surface area contributed by atoms with Gasteiger partial charge in [-0.3, -0.25) is 4.40 Å². The van der Waals surface area contributed by atoms with Crippen molar-refractivity contribution >= 4 is 5.65 Å². The summed E-state index contributed by atoms with van der Waals surface area (Å²) in [7, 11) is 1.65. The smallest absolute Gasteiger partial charge is 0.164 e. The van der Waals surface area contributed by atoms with Crippen molar-refractivity contribution in [2.75, 3.05) is 13.7 Å². The number of rotatable bonds is 5. The minimum Gasteiger partial charge on any atom is -0.497 e. The molecule has 0 fully saturated rings. The van der Waals surface area contributed by atoms with E-state index in [0.717, 1.165) is 41.3 Å². The molecule has 0 saturated heterocycles. The summed E-state index contributed by atoms with van der Waals surface area (Å²) in [4.78, 5) is 4.48. The summed E-state index contributed by atoms with van der Waals surface area (Å²) in [5, 5.41) is 8.39. The Kier molecular flexibility index (Phi) is 3.79. The van der Waals surface area contributed by atoms with Gasteiger partial charge in [0.1, 0.15) is 17.9 Å². The lowest BCUT2D eigenvalue weighted by Crippen LogP contribution is -2.03. The fraction of sp³-hybridized carbons (Fsp3) is 0.267. The van der Waals surface area contributed by atoms with Crippen LogP contribution in [0, 0.1) is 0 Å². The van der Waals surface area contributed by atoms with Gasteiger partial charge < -0.3 is 10.5 Å². The third-order valence-electron chi connectivity index (χ3n) is 3.36. The van der Waals surface area contributed by atoms with Crippen LogP contribution in [-0.2, 0) is 6.42 Å². The van der Waals surface area contributed by atoms with Crippen LogP contribution >= 0.6 is 0 Å². The minimum atomic E-state index is 0.645. The molecule has 0 atom stereocenters. The predicted octanol–water partition coefficient (Wildman–Crippen LogP) is 1.69. The molecular formula is C15H17N5O. The van der Waals surface area contributed by atoms with Crippen molar-refractivity contribution in [3.05, 3.63) is 42.5 Å². The zero-order valence-electron chi connectivity index (χ0n) is 11.9. The maximum atomic E-state index is 5.53. The van der Waals surface area contributed by atoms with E-state index in [1.807, 2.05) is 34.7 Å². The Bertz CT molecular complexity index is 735. The Morgan fingerprint density at radius 2 is 2.00 bits per heavy atom. The van der Waals surface area contributed by atoms with Gasteiger partial charge in [-0.2, -0.15) is 0 Å². The van der Waals surface area contributed by atoms with Crippen LogP contribution in [0.5, 0.6) is 5.75 Å². The Hall–Kier alpha value is -2.47. The molecule has 0 spiro atoms. The molecule has 6 heteroatoms. The highest BCUT2D eigenvalue weighted by Crippen LogP contribution is 2.21. The normalized spacial score (nSPS) is 11.0. The number of hydrogen-bond donors (Lipinski definition) is 1. The molecule has 0 aliphatic heterocycles. The molecular weight excluding hydrogens is 266 g/mol. The summed E-state index contributed by atoms with van der Waals surface area (Å²) < 4.78 is 7.06. The lowest BCUT2D eigenvalue weighted by Gasteiger charge is -2.04. The van der Waals surface area contributed by atoms with Crippen molar-refractivity contribution in [2.24, 2.45) is 5.73 Å². The highest BCUT2D eigenvalue weighted by molar-refractivity contribution is 5.63. The Morgan fingerprint density at radius 3 is 2.71 bits per heavy atom. The third kappa shape index (κ3) is 2.71. The predicted molar refractivity (Wildman–Crippen MR) is 80.1 cm³/mol. The van der Waals surface area contributed by atoms with Crippen molar-refractivity contribution in [1.29, 1.82) is 0 Å². The van der Waals surface area contributed by atoms with Crippen LogP contribution in [-0.4, -0.2) is 33.2 Å². The number of fused-ring (bicyclic) bond motifs is 1. The molecule has 0 saturated carbocycles. The molecule has 1 aromatic carbocycles. The lowest BCUT2D eigenvalue weighted by molar-refractivity contribution is 0.415. The second-order valence-corrected chi connectivity index (χ2v) is 4.74. The molecule has 0 unspecified atom stereocenters. The largest absolute Gasteiger partial charge is 0.497 e. The van der Waals surface area contributed by atoms with E-state index in [9.17, 15) is 0 Å². The first-order valence-electron chi connectivity index (χ1n) is 6.86. The summed E-state index contributed by atoms with van der Waals surface area (Å²) in [6.45, 7) is 0.645. The number of hydrogen-bond acceptors (Lipinski definition) is 5. The van der Waals surface area contributed by atoms with E-state index in [4.69, 9.17) is 10.5 Å². The van der Waals surface area contributed by atoms with Crippen molar-refractivity contribution in [1.82, 2.24) is 19.6 Å². The Morgan fingerprint density at radius 1 is 1.19 bits per heavy atom. The number of aryl methyl sites for hydroxylation is 1. The van der Waals surface area contributed by atoms with E-state index in [1.165, 1.54) is 0 Å². The first-order valence-corrected chi connectivity index (χ1v) is 6.86. The number of benzene rings is 1. The summed E-state index contributed by atoms with van der Waals surface area (Å²) in [5.41, 5.74) is 8.21. The maximum Gasteiger partial charge on any atom is 0.164 e. The van der Waals surface area contributed by atoms with Crippen LogP contribution < -0.4 is 10.5 Å². The molecule has 0 amide bonds. The van der Waals surface area contributed by atoms with Gasteiger partial charge in [0, 0.05) is 18.1 Å². The zero-order chi connectivity index (χ0) is 14.7. The fourth-order valence-electron chi connectivity index (χ4n) is 2.19. The van der Waals surface area contributed by atoms with Gasteiger partial charge in [0.25, 0.3) is 0 Å². The molecule has 3 aromatic rings. The van der Waals surface area contributed by atoms with E-state index < -0.39 is 0 Å². The molecule has 0 aliphatic carbocycles. The Balaban J connectivity index is 1.93. The molecule has 2 N–H and O–H groups in total. The van der Waals surface area contributed by atoms with E-state index >= 15 is 0 Å². The van der Waals surface area contributed by atoms with Gasteiger partial charge in [-0.05, 0) is 37.2 Å². The number of nitrogens with two attached hydrogens (primary N) is 1. The molecule has 108 valence electrons. The Labute approximate surface area is 122 Å². The van der Waals surface area contributed by atoms with Crippen molar-refractivity contribution < 1.29 is 4.74 Å². The zero-order valence-corrected chi connectivity index (χ0v) is 11.9. The molecule has 6 nitrogen and oxygen atoms in total. The van der Waals surface area contributed by atoms with Crippen LogP contribution in [0.4, 0.5) is 0 Å². The van der Waals surface area contributed by atoms with Gasteiger partial charge >= 0.3 is 0 Å². The van der Waals surface area contributed by atoms with Crippen molar-refractivity contribution in [3.63, 3.8) is 0 Å². The van der Waals surface area contributed by atoms with Crippen molar-refractivity contribution in [2.45, 2.75) is 12.8 Å². The van der Waals surface area contributed by atoms with Gasteiger partial charge in [-0.1, -0.05) is 0 Å². The maximum absolute atomic E-state index is 5.53. The van der Waals surface area contributed by atoms with Gasteiger partial charge in [0.2, 0.25) is 0 Å². The number of nitrogens with zero attached hydrogens (tertiary/aromatic N) is 4. The van der Waals surface area contributed by atoms with Gasteiger partial charge in [-0.15, -0.1) is 10.2 Å². The summed E-state index contributed by atoms with van der Waals surface area (Å²) in [6, 6.07) is 9.71. The highest BCUT2D eigenvalue weighted by Gasteiger charge is 2.07. The third-order valence-corrected chi connectivity index (χ3v) is 3.36. The summed E-state index contributed by atoms with van der Waals surface area (Å²) >= 11 is 0. The molecule has 0 bridgehead atoms. The first-order chi connectivity index (χ1) is 10.3. The molecule has 21 heavy (non-hydrogen) atoms. The average molecular weight is 283 g/mol. The van der Waals surface area contributed by atoms with Crippen LogP contribution in [0.25, 0.3) is 16.9 Å². The van der Waals surface area contributed by atoms with Crippen LogP contribution in [0.3, 0.4) is 0 Å². The second kappa shape index (κ2) is 5.88. The van der Waals surface area contributed by atoms with Gasteiger partial charge in [0.05, 0.1) is 12.8 Å². The fourth-order valence-corrected chi connectivity index (χ4v) is 2.19. The lowest BCUT2D eigenvalue weighted by atomic mass is 10.1. The summed E-state index contributed by atoms with van der Waals surface area (Å²) in [6.07, 6.45) is 3.46. The van der Waals surface area contributed by atoms with Crippen LogP contribution in [0.2, 0.25) is 0 Å². The van der Waals surface area contributed by atoms with E-state index in [0.29, 0.717) is 6.54 Å². The first kappa shape index (κ1) is 13.5. The number of ether oxygens (including phenoxy) is 1. The van der Waals surface area contributed by atoms with Crippen molar-refractivity contribution in [3.8, 4) is 17.0 Å². The molecule has 2 heterocycles. The number of aromatic nitrogens is 4. The quantitative estimate of drug-likeness (QED) is 0.771. The minimum absolute atomic E-state index is 0.645. The van der Waals surface area contributed by atoms with Gasteiger partial charge in [0.15, 0.2) is 5.65 Å². The number of methoxy groups -OCH3 is 1.